The van der Waals surface area contributed by atoms with Crippen LogP contribution >= 0.6 is 24.0 Å². The molecule has 0 saturated heterocycles. The highest BCUT2D eigenvalue weighted by Gasteiger charge is 2.26. The Labute approximate surface area is 189 Å². The third-order valence-electron chi connectivity index (χ3n) is 4.81. The van der Waals surface area contributed by atoms with Crippen molar-refractivity contribution in [3.05, 3.63) is 52.7 Å². The second-order valence-electron chi connectivity index (χ2n) is 6.93. The predicted octanol–water partition coefficient (Wildman–Crippen LogP) is 3.68. The molecule has 0 aliphatic heterocycles. The molecule has 2 aromatic carbocycles. The summed E-state index contributed by atoms with van der Waals surface area (Å²) in [5, 5.41) is 3.53. The number of hydrogen-bond acceptors (Lipinski definition) is 6. The minimum atomic E-state index is -0.642. The number of carbonyl (C=O) groups is 2. The van der Waals surface area contributed by atoms with Crippen molar-refractivity contribution in [2.75, 3.05) is 12.8 Å². The summed E-state index contributed by atoms with van der Waals surface area (Å²) in [6.07, 6.45) is 3.48. The normalized spacial score (nSPS) is 12.7. The zero-order valence-electron chi connectivity index (χ0n) is 16.5. The smallest absolute Gasteiger partial charge is 0.253 e. The van der Waals surface area contributed by atoms with Crippen LogP contribution in [0, 0.1) is 0 Å². The van der Waals surface area contributed by atoms with E-state index in [0.29, 0.717) is 22.4 Å². The minimum Gasteiger partial charge on any atom is -0.496 e. The number of primary amides is 1. The summed E-state index contributed by atoms with van der Waals surface area (Å²) in [7, 11) is 1.44. The monoisotopic (exact) mass is 462 g/mol. The average Bonchev–Trinajstić information content (AvgIpc) is 3.54. The number of amides is 2. The highest BCUT2D eigenvalue weighted by molar-refractivity contribution is 6.36. The molecule has 162 valence electrons. The van der Waals surface area contributed by atoms with Crippen LogP contribution in [-0.4, -0.2) is 29.9 Å². The Kier molecular flexibility index (Phi) is 6.42. The van der Waals surface area contributed by atoms with Crippen molar-refractivity contribution in [1.82, 2.24) is 10.3 Å². The molecule has 5 N–H and O–H groups in total. The average molecular weight is 463 g/mol. The zero-order chi connectivity index (χ0) is 21.4. The summed E-state index contributed by atoms with van der Waals surface area (Å²) in [5.41, 5.74) is 12.7. The SMILES string of the molecule is COc1cc2nccc(Oc3ccc(C(=O)NC4CC4)c(Cl)c3N)c2cc1C(N)=O.Cl. The Hall–Kier alpha value is -3.23. The molecule has 0 atom stereocenters. The number of carbonyl (C=O) groups excluding carboxylic acids is 2. The Morgan fingerprint density at radius 1 is 1.13 bits per heavy atom. The summed E-state index contributed by atoms with van der Waals surface area (Å²) in [6, 6.07) is 8.12. The van der Waals surface area contributed by atoms with Gasteiger partial charge in [-0.2, -0.15) is 0 Å². The maximum Gasteiger partial charge on any atom is 0.253 e. The van der Waals surface area contributed by atoms with E-state index >= 15 is 0 Å². The van der Waals surface area contributed by atoms with E-state index in [9.17, 15) is 9.59 Å². The van der Waals surface area contributed by atoms with Crippen molar-refractivity contribution in [3.63, 3.8) is 0 Å². The molecule has 10 heteroatoms. The maximum atomic E-state index is 12.3. The summed E-state index contributed by atoms with van der Waals surface area (Å²) in [5.74, 6) is 0.0636. The van der Waals surface area contributed by atoms with Crippen molar-refractivity contribution in [2.24, 2.45) is 5.73 Å². The second kappa shape index (κ2) is 8.87. The largest absolute Gasteiger partial charge is 0.496 e. The number of nitrogens with one attached hydrogen (secondary N) is 1. The van der Waals surface area contributed by atoms with Gasteiger partial charge in [0.15, 0.2) is 5.75 Å². The van der Waals surface area contributed by atoms with Crippen molar-refractivity contribution >= 4 is 52.4 Å². The van der Waals surface area contributed by atoms with E-state index in [1.165, 1.54) is 7.11 Å². The third kappa shape index (κ3) is 4.45. The molecule has 0 unspecified atom stereocenters. The third-order valence-corrected chi connectivity index (χ3v) is 5.21. The number of rotatable bonds is 6. The van der Waals surface area contributed by atoms with E-state index in [1.807, 2.05) is 0 Å². The molecule has 1 saturated carbocycles. The molecule has 0 bridgehead atoms. The van der Waals surface area contributed by atoms with Gasteiger partial charge >= 0.3 is 0 Å². The Balaban J connectivity index is 0.00000272. The van der Waals surface area contributed by atoms with E-state index in [1.54, 1.807) is 36.5 Å². The molecular weight excluding hydrogens is 443 g/mol. The first kappa shape index (κ1) is 22.5. The first-order chi connectivity index (χ1) is 14.4. The second-order valence-corrected chi connectivity index (χ2v) is 7.31. The van der Waals surface area contributed by atoms with Crippen LogP contribution < -0.4 is 26.3 Å². The van der Waals surface area contributed by atoms with Gasteiger partial charge in [0, 0.05) is 23.7 Å². The van der Waals surface area contributed by atoms with Crippen LogP contribution in [0.2, 0.25) is 5.02 Å². The fourth-order valence-electron chi connectivity index (χ4n) is 3.05. The van der Waals surface area contributed by atoms with Gasteiger partial charge in [0.05, 0.1) is 34.5 Å². The van der Waals surface area contributed by atoms with E-state index < -0.39 is 5.91 Å². The minimum absolute atomic E-state index is 0. The van der Waals surface area contributed by atoms with Gasteiger partial charge in [-0.25, -0.2) is 0 Å². The lowest BCUT2D eigenvalue weighted by Gasteiger charge is -2.15. The van der Waals surface area contributed by atoms with Crippen LogP contribution in [0.5, 0.6) is 17.2 Å². The number of anilines is 1. The van der Waals surface area contributed by atoms with E-state index in [4.69, 9.17) is 32.5 Å². The number of nitrogens with zero attached hydrogens (tertiary/aromatic N) is 1. The van der Waals surface area contributed by atoms with Crippen molar-refractivity contribution in [3.8, 4) is 17.2 Å². The van der Waals surface area contributed by atoms with Gasteiger partial charge in [-0.1, -0.05) is 11.6 Å². The number of aromatic nitrogens is 1. The molecule has 31 heavy (non-hydrogen) atoms. The Morgan fingerprint density at radius 2 is 1.87 bits per heavy atom. The first-order valence-corrected chi connectivity index (χ1v) is 9.60. The van der Waals surface area contributed by atoms with E-state index in [-0.39, 0.29) is 51.9 Å². The fourth-order valence-corrected chi connectivity index (χ4v) is 3.29. The predicted molar refractivity (Wildman–Crippen MR) is 120 cm³/mol. The number of halogens is 2. The number of pyridine rings is 1. The molecule has 0 spiro atoms. The number of methoxy groups -OCH3 is 1. The molecule has 1 aliphatic rings. The molecule has 4 rings (SSSR count). The van der Waals surface area contributed by atoms with Gasteiger partial charge in [0.25, 0.3) is 11.8 Å². The fraction of sp³-hybridized carbons (Fsp3) is 0.190. The van der Waals surface area contributed by atoms with Crippen LogP contribution in [0.25, 0.3) is 10.9 Å². The first-order valence-electron chi connectivity index (χ1n) is 9.22. The van der Waals surface area contributed by atoms with Crippen LogP contribution in [-0.2, 0) is 0 Å². The quantitative estimate of drug-likeness (QED) is 0.478. The summed E-state index contributed by atoms with van der Waals surface area (Å²) >= 11 is 6.33. The lowest BCUT2D eigenvalue weighted by Crippen LogP contribution is -2.25. The number of nitrogen functional groups attached to an aromatic ring is 1. The number of hydrogen-bond donors (Lipinski definition) is 3. The summed E-state index contributed by atoms with van der Waals surface area (Å²) < 4.78 is 11.2. The highest BCUT2D eigenvalue weighted by Crippen LogP contribution is 2.38. The number of benzene rings is 2. The van der Waals surface area contributed by atoms with Crippen molar-refractivity contribution in [2.45, 2.75) is 18.9 Å². The zero-order valence-corrected chi connectivity index (χ0v) is 18.0. The van der Waals surface area contributed by atoms with Crippen LogP contribution in [0.1, 0.15) is 33.6 Å². The van der Waals surface area contributed by atoms with Gasteiger partial charge < -0.3 is 26.3 Å². The van der Waals surface area contributed by atoms with Crippen molar-refractivity contribution in [1.29, 1.82) is 0 Å². The van der Waals surface area contributed by atoms with Crippen LogP contribution in [0.15, 0.2) is 36.5 Å². The Bertz CT molecular complexity index is 1180. The molecular formula is C21H20Cl2N4O4. The summed E-state index contributed by atoms with van der Waals surface area (Å²) in [4.78, 5) is 28.4. The molecule has 2 amide bonds. The lowest BCUT2D eigenvalue weighted by atomic mass is 10.1. The lowest BCUT2D eigenvalue weighted by molar-refractivity contribution is 0.0949. The highest BCUT2D eigenvalue weighted by atomic mass is 35.5. The van der Waals surface area contributed by atoms with Gasteiger partial charge in [-0.15, -0.1) is 12.4 Å². The number of fused-ring (bicyclic) bond motifs is 1. The molecule has 1 aliphatic carbocycles. The molecule has 1 aromatic heterocycles. The number of nitrogens with two attached hydrogens (primary N) is 2. The van der Waals surface area contributed by atoms with Gasteiger partial charge in [0.2, 0.25) is 0 Å². The molecule has 1 fully saturated rings. The molecule has 1 heterocycles. The molecule has 3 aromatic rings. The van der Waals surface area contributed by atoms with Crippen molar-refractivity contribution < 1.29 is 19.1 Å². The molecule has 0 radical (unpaired) electrons. The van der Waals surface area contributed by atoms with Crippen LogP contribution in [0.3, 0.4) is 0 Å². The van der Waals surface area contributed by atoms with Gasteiger partial charge in [-0.3, -0.25) is 14.6 Å². The topological polar surface area (TPSA) is 130 Å². The summed E-state index contributed by atoms with van der Waals surface area (Å²) in [6.45, 7) is 0. The van der Waals surface area contributed by atoms with E-state index in [2.05, 4.69) is 10.3 Å². The number of ether oxygens (including phenoxy) is 2. The van der Waals surface area contributed by atoms with E-state index in [0.717, 1.165) is 12.8 Å². The standard InChI is InChI=1S/C21H19ClN4O4.ClH/c1-29-17-9-14-12(8-13(17)20(24)27)15(6-7-25-14)30-16-5-4-11(18(22)19(16)23)21(28)26-10-2-3-10;/h4-10H,2-3,23H2,1H3,(H2,24,27)(H,26,28);1H. The van der Waals surface area contributed by atoms with Crippen LogP contribution in [0.4, 0.5) is 5.69 Å². The molecule has 8 nitrogen and oxygen atoms in total. The maximum absolute atomic E-state index is 12.3. The Morgan fingerprint density at radius 3 is 2.52 bits per heavy atom. The van der Waals surface area contributed by atoms with Gasteiger partial charge in [-0.05, 0) is 37.1 Å². The van der Waals surface area contributed by atoms with Gasteiger partial charge in [0.1, 0.15) is 11.5 Å².